The Morgan fingerprint density at radius 2 is 2.12 bits per heavy atom. The van der Waals surface area contributed by atoms with Crippen LogP contribution in [0.5, 0.6) is 0 Å². The molecule has 2 atom stereocenters. The number of aromatic nitrogens is 4. The van der Waals surface area contributed by atoms with Crippen LogP contribution in [0, 0.1) is 5.92 Å². The number of aliphatic hydroxyl groups is 1. The number of rotatable bonds is 8. The Bertz CT molecular complexity index is 792. The van der Waals surface area contributed by atoms with Gasteiger partial charge in [-0.1, -0.05) is 13.8 Å². The molecule has 2 aromatic heterocycles. The third kappa shape index (κ3) is 5.39. The summed E-state index contributed by atoms with van der Waals surface area (Å²) >= 11 is 0. The van der Waals surface area contributed by atoms with E-state index in [4.69, 9.17) is 20.9 Å². The molecule has 2 rings (SSSR count). The molecule has 146 valence electrons. The number of fused-ring (bicyclic) bond motifs is 1. The summed E-state index contributed by atoms with van der Waals surface area (Å²) in [4.78, 5) is 33.5. The molecule has 0 saturated carbocycles. The number of hydrogen-bond acceptors (Lipinski definition) is 9. The van der Waals surface area contributed by atoms with E-state index >= 15 is 0 Å². The summed E-state index contributed by atoms with van der Waals surface area (Å²) < 4.78 is 11.7. The number of nitrogen functional groups attached to an aromatic ring is 1. The van der Waals surface area contributed by atoms with E-state index in [1.807, 2.05) is 0 Å². The van der Waals surface area contributed by atoms with Crippen LogP contribution in [-0.4, -0.2) is 56.0 Å². The number of imidazole rings is 1. The van der Waals surface area contributed by atoms with Crippen molar-refractivity contribution >= 4 is 35.5 Å². The van der Waals surface area contributed by atoms with Crippen LogP contribution < -0.4 is 17.0 Å². The Morgan fingerprint density at radius 3 is 2.77 bits per heavy atom. The lowest BCUT2D eigenvalue weighted by molar-refractivity contribution is -0.150. The molecule has 0 spiro atoms. The van der Waals surface area contributed by atoms with Gasteiger partial charge < -0.3 is 26.0 Å². The number of halogens is 1. The highest BCUT2D eigenvalue weighted by atomic mass is 35.5. The van der Waals surface area contributed by atoms with Gasteiger partial charge in [0.2, 0.25) is 5.95 Å². The van der Waals surface area contributed by atoms with Gasteiger partial charge in [-0.25, -0.2) is 4.98 Å². The molecule has 0 aliphatic rings. The fourth-order valence-corrected chi connectivity index (χ4v) is 1.95. The van der Waals surface area contributed by atoms with E-state index in [2.05, 4.69) is 15.0 Å². The first-order chi connectivity index (χ1) is 11.8. The number of nitrogens with two attached hydrogens (primary N) is 2. The third-order valence-electron chi connectivity index (χ3n) is 3.44. The Hall–Kier alpha value is -2.21. The predicted octanol–water partition coefficient (Wildman–Crippen LogP) is -1.01. The molecule has 12 heteroatoms. The van der Waals surface area contributed by atoms with Crippen molar-refractivity contribution in [1.82, 2.24) is 19.5 Å². The largest absolute Gasteiger partial charge is 0.462 e. The summed E-state index contributed by atoms with van der Waals surface area (Å²) in [7, 11) is 0. The first-order valence-electron chi connectivity index (χ1n) is 7.68. The zero-order chi connectivity index (χ0) is 18.6. The van der Waals surface area contributed by atoms with Crippen molar-refractivity contribution in [3.8, 4) is 0 Å². The van der Waals surface area contributed by atoms with Crippen molar-refractivity contribution in [3.63, 3.8) is 0 Å². The molecular formula is C14H23ClN6O5. The summed E-state index contributed by atoms with van der Waals surface area (Å²) in [6, 6.07) is -0.736. The normalized spacial score (nSPS) is 13.4. The van der Waals surface area contributed by atoms with Crippen molar-refractivity contribution in [2.45, 2.75) is 32.7 Å². The minimum Gasteiger partial charge on any atom is -0.462 e. The minimum atomic E-state index is -1.01. The maximum absolute atomic E-state index is 11.7. The van der Waals surface area contributed by atoms with Gasteiger partial charge in [-0.2, -0.15) is 4.98 Å². The smallest absolute Gasteiger partial charge is 0.323 e. The van der Waals surface area contributed by atoms with Gasteiger partial charge in [0.1, 0.15) is 25.5 Å². The molecule has 26 heavy (non-hydrogen) atoms. The van der Waals surface area contributed by atoms with E-state index in [1.165, 1.54) is 10.9 Å². The highest BCUT2D eigenvalue weighted by Crippen LogP contribution is 2.07. The molecule has 0 unspecified atom stereocenters. The summed E-state index contributed by atoms with van der Waals surface area (Å²) in [5.74, 6) is -0.667. The molecule has 0 radical (unpaired) electrons. The lowest BCUT2D eigenvalue weighted by Crippen LogP contribution is -2.38. The molecule has 0 saturated heterocycles. The number of carbonyl (C=O) groups excluding carboxylic acids is 1. The molecule has 0 aromatic carbocycles. The molecule has 2 heterocycles. The lowest BCUT2D eigenvalue weighted by atomic mass is 10.1. The van der Waals surface area contributed by atoms with Gasteiger partial charge in [-0.05, 0) is 5.92 Å². The molecule has 0 aliphatic heterocycles. The molecular weight excluding hydrogens is 368 g/mol. The van der Waals surface area contributed by atoms with Crippen molar-refractivity contribution in [2.24, 2.45) is 11.7 Å². The lowest BCUT2D eigenvalue weighted by Gasteiger charge is -2.16. The van der Waals surface area contributed by atoms with Crippen molar-refractivity contribution in [2.75, 3.05) is 18.9 Å². The monoisotopic (exact) mass is 390 g/mol. The fraction of sp³-hybridized carbons (Fsp3) is 0.571. The molecule has 0 bridgehead atoms. The Morgan fingerprint density at radius 1 is 1.42 bits per heavy atom. The van der Waals surface area contributed by atoms with E-state index in [0.717, 1.165) is 0 Å². The van der Waals surface area contributed by atoms with Crippen LogP contribution in [0.15, 0.2) is 11.1 Å². The number of hydrogen-bond donors (Lipinski definition) is 4. The van der Waals surface area contributed by atoms with Gasteiger partial charge in [-0.15, -0.1) is 12.4 Å². The maximum Gasteiger partial charge on any atom is 0.323 e. The Kier molecular flexibility index (Phi) is 7.96. The Balaban J connectivity index is 0.00000338. The van der Waals surface area contributed by atoms with Gasteiger partial charge in [0.05, 0.1) is 12.9 Å². The first-order valence-corrected chi connectivity index (χ1v) is 7.68. The number of esters is 1. The van der Waals surface area contributed by atoms with Crippen LogP contribution in [0.4, 0.5) is 5.95 Å². The number of anilines is 1. The number of nitrogens with zero attached hydrogens (tertiary/aromatic N) is 3. The number of H-pyrrole nitrogens is 1. The number of nitrogens with one attached hydrogen (secondary N) is 1. The van der Waals surface area contributed by atoms with Crippen LogP contribution in [-0.2, 0) is 21.0 Å². The maximum atomic E-state index is 11.7. The molecule has 2 aromatic rings. The van der Waals surface area contributed by atoms with Crippen LogP contribution in [0.2, 0.25) is 0 Å². The number of aromatic amines is 1. The number of carbonyl (C=O) groups is 1. The highest BCUT2D eigenvalue weighted by Gasteiger charge is 2.20. The van der Waals surface area contributed by atoms with E-state index in [9.17, 15) is 14.7 Å². The van der Waals surface area contributed by atoms with Crippen molar-refractivity contribution in [1.29, 1.82) is 0 Å². The molecule has 6 N–H and O–H groups in total. The molecule has 0 fully saturated rings. The van der Waals surface area contributed by atoms with E-state index < -0.39 is 23.7 Å². The van der Waals surface area contributed by atoms with E-state index in [-0.39, 0.29) is 55.4 Å². The average molecular weight is 391 g/mol. The van der Waals surface area contributed by atoms with Crippen molar-refractivity contribution in [3.05, 3.63) is 16.7 Å². The van der Waals surface area contributed by atoms with Crippen LogP contribution in [0.25, 0.3) is 11.2 Å². The van der Waals surface area contributed by atoms with Crippen molar-refractivity contribution < 1.29 is 19.4 Å². The Labute approximate surface area is 155 Å². The fourth-order valence-electron chi connectivity index (χ4n) is 1.95. The van der Waals surface area contributed by atoms with E-state index in [1.54, 1.807) is 13.8 Å². The van der Waals surface area contributed by atoms with Crippen LogP contribution in [0.1, 0.15) is 13.8 Å². The number of ether oxygens (including phenoxy) is 2. The highest BCUT2D eigenvalue weighted by molar-refractivity contribution is 5.85. The summed E-state index contributed by atoms with van der Waals surface area (Å²) in [6.45, 7) is 3.26. The van der Waals surface area contributed by atoms with E-state index in [0.29, 0.717) is 0 Å². The quantitative estimate of drug-likeness (QED) is 0.412. The minimum absolute atomic E-state index is 0. The van der Waals surface area contributed by atoms with Gasteiger partial charge in [-0.3, -0.25) is 19.1 Å². The third-order valence-corrected chi connectivity index (χ3v) is 3.44. The average Bonchev–Trinajstić information content (AvgIpc) is 2.95. The second-order valence-corrected chi connectivity index (χ2v) is 5.89. The van der Waals surface area contributed by atoms with Crippen LogP contribution >= 0.6 is 12.4 Å². The zero-order valence-electron chi connectivity index (χ0n) is 14.4. The SMILES string of the molecule is CC(C)[C@H](N)C(=O)OC[C@@H](O)COCn1cnc2c(=O)[nH]c(N)nc21.Cl. The predicted molar refractivity (Wildman–Crippen MR) is 95.5 cm³/mol. The van der Waals surface area contributed by atoms with Gasteiger partial charge in [0.15, 0.2) is 11.2 Å². The second kappa shape index (κ2) is 9.48. The number of aliphatic hydroxyl groups excluding tert-OH is 1. The van der Waals surface area contributed by atoms with Gasteiger partial charge in [0.25, 0.3) is 5.56 Å². The molecule has 0 aliphatic carbocycles. The second-order valence-electron chi connectivity index (χ2n) is 5.89. The summed E-state index contributed by atoms with van der Waals surface area (Å²) in [6.07, 6.45) is 0.361. The standard InChI is InChI=1S/C14H22N6O5.ClH/c1-7(2)9(15)13(23)25-4-8(21)3-24-6-20-5-17-10-11(20)18-14(16)19-12(10)22;/h5,7-9,21H,3-4,6,15H2,1-2H3,(H3,16,18,19,22);1H/t8-,9-;/m0./s1. The molecule has 11 nitrogen and oxygen atoms in total. The van der Waals surface area contributed by atoms with Gasteiger partial charge >= 0.3 is 5.97 Å². The topological polar surface area (TPSA) is 171 Å². The molecule has 0 amide bonds. The van der Waals surface area contributed by atoms with Gasteiger partial charge in [0, 0.05) is 0 Å². The zero-order valence-corrected chi connectivity index (χ0v) is 15.2. The summed E-state index contributed by atoms with van der Waals surface area (Å²) in [5, 5.41) is 9.79. The first kappa shape index (κ1) is 21.8. The van der Waals surface area contributed by atoms with Crippen LogP contribution in [0.3, 0.4) is 0 Å². The summed E-state index contributed by atoms with van der Waals surface area (Å²) in [5.41, 5.74) is 11.1.